The van der Waals surface area contributed by atoms with Gasteiger partial charge in [-0.05, 0) is 74.2 Å². The van der Waals surface area contributed by atoms with Crippen LogP contribution in [-0.2, 0) is 4.79 Å². The number of alkyl halides is 3. The molecular formula is C24H25F3N2O6. The van der Waals surface area contributed by atoms with Crippen molar-refractivity contribution in [3.05, 3.63) is 54.1 Å². The highest BCUT2D eigenvalue weighted by atomic mass is 19.4. The number of hydrogen-bond donors (Lipinski definition) is 3. The van der Waals surface area contributed by atoms with Gasteiger partial charge in [0.15, 0.2) is 5.78 Å². The van der Waals surface area contributed by atoms with Crippen molar-refractivity contribution in [2.24, 2.45) is 0 Å². The van der Waals surface area contributed by atoms with Gasteiger partial charge >= 0.3 is 18.4 Å². The Hall–Kier alpha value is -3.76. The van der Waals surface area contributed by atoms with Crippen LogP contribution in [0.5, 0.6) is 11.5 Å². The molecule has 0 heterocycles. The first-order chi connectivity index (χ1) is 16.6. The Bertz CT molecular complexity index is 1020. The van der Waals surface area contributed by atoms with Crippen LogP contribution in [0.25, 0.3) is 0 Å². The maximum Gasteiger partial charge on any atom is 0.573 e. The van der Waals surface area contributed by atoms with E-state index < -0.39 is 18.4 Å². The first-order valence-corrected chi connectivity index (χ1v) is 11.0. The number of halogens is 3. The highest BCUT2D eigenvalue weighted by Crippen LogP contribution is 2.26. The number of benzene rings is 2. The summed E-state index contributed by atoms with van der Waals surface area (Å²) in [5.74, 6) is -1.03. The molecule has 0 bridgehead atoms. The van der Waals surface area contributed by atoms with Crippen LogP contribution in [0.4, 0.5) is 23.7 Å². The Morgan fingerprint density at radius 2 is 1.49 bits per heavy atom. The third-order valence-corrected chi connectivity index (χ3v) is 5.40. The van der Waals surface area contributed by atoms with Gasteiger partial charge in [0.25, 0.3) is 0 Å². The summed E-state index contributed by atoms with van der Waals surface area (Å²) in [4.78, 5) is 34.8. The predicted molar refractivity (Wildman–Crippen MR) is 120 cm³/mol. The maximum absolute atomic E-state index is 12.2. The number of nitrogens with one attached hydrogen (secondary N) is 2. The largest absolute Gasteiger partial charge is 0.573 e. The molecule has 35 heavy (non-hydrogen) atoms. The number of anilines is 1. The number of carbonyl (C=O) groups excluding carboxylic acids is 2. The lowest BCUT2D eigenvalue weighted by molar-refractivity contribution is -0.274. The summed E-state index contributed by atoms with van der Waals surface area (Å²) in [7, 11) is 0. The molecule has 0 aliphatic heterocycles. The number of amides is 2. The number of carboxylic acids is 1. The third-order valence-electron chi connectivity index (χ3n) is 5.40. The minimum absolute atomic E-state index is 0.0501. The summed E-state index contributed by atoms with van der Waals surface area (Å²) in [6.45, 7) is 0. The Kier molecular flexibility index (Phi) is 8.56. The molecule has 8 nitrogen and oxygen atoms in total. The summed E-state index contributed by atoms with van der Waals surface area (Å²) in [6, 6.07) is 10.9. The van der Waals surface area contributed by atoms with Crippen molar-refractivity contribution in [3.8, 4) is 11.5 Å². The van der Waals surface area contributed by atoms with E-state index in [1.54, 1.807) is 24.3 Å². The zero-order valence-corrected chi connectivity index (χ0v) is 18.6. The number of aliphatic carboxylic acids is 1. The van der Waals surface area contributed by atoms with Crippen LogP contribution >= 0.6 is 0 Å². The van der Waals surface area contributed by atoms with Crippen molar-refractivity contribution >= 4 is 23.5 Å². The minimum Gasteiger partial charge on any atom is -0.490 e. The van der Waals surface area contributed by atoms with Gasteiger partial charge in [0.05, 0.1) is 12.5 Å². The fourth-order valence-corrected chi connectivity index (χ4v) is 3.69. The Balaban J connectivity index is 1.39. The summed E-state index contributed by atoms with van der Waals surface area (Å²) in [5, 5.41) is 14.1. The third kappa shape index (κ3) is 8.84. The monoisotopic (exact) mass is 494 g/mol. The highest BCUT2D eigenvalue weighted by Gasteiger charge is 2.31. The normalized spacial score (nSPS) is 17.8. The molecule has 1 saturated carbocycles. The second kappa shape index (κ2) is 11.6. The molecule has 188 valence electrons. The smallest absolute Gasteiger partial charge is 0.490 e. The number of ketones is 1. The van der Waals surface area contributed by atoms with Gasteiger partial charge < -0.3 is 25.2 Å². The van der Waals surface area contributed by atoms with Gasteiger partial charge in [0, 0.05) is 23.7 Å². The zero-order chi connectivity index (χ0) is 25.4. The molecule has 11 heteroatoms. The van der Waals surface area contributed by atoms with E-state index in [1.807, 2.05) is 0 Å². The highest BCUT2D eigenvalue weighted by molar-refractivity contribution is 5.97. The van der Waals surface area contributed by atoms with Gasteiger partial charge in [0.2, 0.25) is 0 Å². The average molecular weight is 494 g/mol. The molecule has 1 aliphatic rings. The van der Waals surface area contributed by atoms with Crippen LogP contribution in [-0.4, -0.2) is 41.4 Å². The van der Waals surface area contributed by atoms with Gasteiger partial charge in [-0.1, -0.05) is 0 Å². The van der Waals surface area contributed by atoms with Crippen molar-refractivity contribution in [3.63, 3.8) is 0 Å². The van der Waals surface area contributed by atoms with Crippen LogP contribution in [0.2, 0.25) is 0 Å². The lowest BCUT2D eigenvalue weighted by Crippen LogP contribution is -2.41. The zero-order valence-electron chi connectivity index (χ0n) is 18.6. The van der Waals surface area contributed by atoms with Crippen LogP contribution in [0.3, 0.4) is 0 Å². The van der Waals surface area contributed by atoms with Crippen LogP contribution < -0.4 is 20.1 Å². The number of carboxylic acid groups (broad SMARTS) is 1. The van der Waals surface area contributed by atoms with Crippen molar-refractivity contribution in [1.82, 2.24) is 5.32 Å². The van der Waals surface area contributed by atoms with E-state index in [0.29, 0.717) is 42.7 Å². The van der Waals surface area contributed by atoms with E-state index in [0.717, 1.165) is 12.1 Å². The van der Waals surface area contributed by atoms with Gasteiger partial charge in [0.1, 0.15) is 11.5 Å². The predicted octanol–water partition coefficient (Wildman–Crippen LogP) is 5.14. The molecule has 0 radical (unpaired) electrons. The molecule has 1 fully saturated rings. The standard InChI is InChI=1S/C24H25F3N2O6/c25-24(26,27)35-20-11-5-17(6-12-20)29-23(33)28-16-3-9-19(10-4-16)34-18-7-1-15(2-8-18)21(30)13-14-22(31)32/h1-2,5-8,11-12,16,19H,3-4,9-10,13-14H2,(H,31,32)(H2,28,29,33). The Morgan fingerprint density at radius 3 is 2.06 bits per heavy atom. The molecule has 1 aliphatic carbocycles. The summed E-state index contributed by atoms with van der Waals surface area (Å²) in [6.07, 6.45) is -2.33. The first kappa shape index (κ1) is 25.9. The topological polar surface area (TPSA) is 114 Å². The quantitative estimate of drug-likeness (QED) is 0.416. The number of hydrogen-bond acceptors (Lipinski definition) is 5. The molecular weight excluding hydrogens is 469 g/mol. The fourth-order valence-electron chi connectivity index (χ4n) is 3.69. The van der Waals surface area contributed by atoms with Crippen LogP contribution in [0.1, 0.15) is 48.9 Å². The van der Waals surface area contributed by atoms with E-state index >= 15 is 0 Å². The molecule has 0 spiro atoms. The lowest BCUT2D eigenvalue weighted by atomic mass is 9.93. The molecule has 0 atom stereocenters. The molecule has 2 amide bonds. The molecule has 0 saturated heterocycles. The summed E-state index contributed by atoms with van der Waals surface area (Å²) < 4.78 is 46.4. The number of urea groups is 1. The van der Waals surface area contributed by atoms with E-state index in [9.17, 15) is 27.6 Å². The van der Waals surface area contributed by atoms with E-state index in [-0.39, 0.29) is 36.5 Å². The SMILES string of the molecule is O=C(O)CCC(=O)c1ccc(OC2CCC(NC(=O)Nc3ccc(OC(F)(F)F)cc3)CC2)cc1. The molecule has 3 N–H and O–H groups in total. The Morgan fingerprint density at radius 1 is 0.886 bits per heavy atom. The average Bonchev–Trinajstić information content (AvgIpc) is 2.79. The van der Waals surface area contributed by atoms with Gasteiger partial charge in [-0.3, -0.25) is 9.59 Å². The number of rotatable bonds is 9. The van der Waals surface area contributed by atoms with Gasteiger partial charge in [-0.15, -0.1) is 13.2 Å². The number of Topliss-reactive ketones (excluding diaryl/α,β-unsaturated/α-hetero) is 1. The molecule has 0 unspecified atom stereocenters. The van der Waals surface area contributed by atoms with Crippen molar-refractivity contribution in [2.75, 3.05) is 5.32 Å². The van der Waals surface area contributed by atoms with Gasteiger partial charge in [-0.2, -0.15) is 0 Å². The maximum atomic E-state index is 12.2. The lowest BCUT2D eigenvalue weighted by Gasteiger charge is -2.29. The van der Waals surface area contributed by atoms with Crippen molar-refractivity contribution in [2.45, 2.75) is 57.0 Å². The summed E-state index contributed by atoms with van der Waals surface area (Å²) in [5.41, 5.74) is 0.763. The summed E-state index contributed by atoms with van der Waals surface area (Å²) >= 11 is 0. The molecule has 2 aromatic rings. The molecule has 0 aromatic heterocycles. The molecule has 3 rings (SSSR count). The first-order valence-electron chi connectivity index (χ1n) is 11.0. The van der Waals surface area contributed by atoms with E-state index in [2.05, 4.69) is 15.4 Å². The van der Waals surface area contributed by atoms with E-state index in [4.69, 9.17) is 9.84 Å². The van der Waals surface area contributed by atoms with Crippen molar-refractivity contribution < 1.29 is 42.1 Å². The number of carbonyl (C=O) groups is 3. The van der Waals surface area contributed by atoms with E-state index in [1.165, 1.54) is 12.1 Å². The fraction of sp³-hybridized carbons (Fsp3) is 0.375. The second-order valence-electron chi connectivity index (χ2n) is 8.10. The van der Waals surface area contributed by atoms with Crippen LogP contribution in [0.15, 0.2) is 48.5 Å². The van der Waals surface area contributed by atoms with Crippen LogP contribution in [0, 0.1) is 0 Å². The second-order valence-corrected chi connectivity index (χ2v) is 8.10. The minimum atomic E-state index is -4.78. The molecule has 2 aromatic carbocycles. The number of ether oxygens (including phenoxy) is 2. The van der Waals surface area contributed by atoms with Gasteiger partial charge in [-0.25, -0.2) is 4.79 Å². The Labute approximate surface area is 199 Å². The van der Waals surface area contributed by atoms with Crippen molar-refractivity contribution in [1.29, 1.82) is 0 Å².